The Bertz CT molecular complexity index is 592. The highest BCUT2D eigenvalue weighted by Crippen LogP contribution is 2.12. The summed E-state index contributed by atoms with van der Waals surface area (Å²) < 4.78 is 0. The lowest BCUT2D eigenvalue weighted by atomic mass is 10.2. The minimum atomic E-state index is -1.04. The van der Waals surface area contributed by atoms with Crippen LogP contribution in [0.25, 0.3) is 0 Å². The molecule has 0 unspecified atom stereocenters. The van der Waals surface area contributed by atoms with Crippen molar-refractivity contribution >= 4 is 17.4 Å². The van der Waals surface area contributed by atoms with E-state index >= 15 is 0 Å². The van der Waals surface area contributed by atoms with Crippen LogP contribution in [0.1, 0.15) is 23.1 Å². The van der Waals surface area contributed by atoms with Gasteiger partial charge in [0.15, 0.2) is 0 Å². The molecule has 2 rings (SSSR count). The first kappa shape index (κ1) is 12.0. The Morgan fingerprint density at radius 2 is 1.72 bits per heavy atom. The van der Waals surface area contributed by atoms with Crippen molar-refractivity contribution in [2.75, 3.05) is 0 Å². The molecular weight excluding hydrogens is 228 g/mol. The van der Waals surface area contributed by atoms with Gasteiger partial charge in [0, 0.05) is 0 Å². The lowest BCUT2D eigenvalue weighted by Crippen LogP contribution is -2.05. The topological polar surface area (TPSA) is 62.5 Å². The molecule has 0 amide bonds. The number of nitrogens with zero attached hydrogens (tertiary/aromatic N) is 2. The van der Waals surface area contributed by atoms with Gasteiger partial charge in [-0.25, -0.2) is 9.78 Å². The quantitative estimate of drug-likeness (QED) is 0.839. The van der Waals surface area contributed by atoms with Gasteiger partial charge < -0.3 is 5.11 Å². The fraction of sp³-hybridized carbons (Fsp3) is 0.0714. The van der Waals surface area contributed by atoms with Crippen molar-refractivity contribution in [1.82, 2.24) is 4.98 Å². The van der Waals surface area contributed by atoms with E-state index in [9.17, 15) is 4.79 Å². The van der Waals surface area contributed by atoms with Crippen molar-refractivity contribution in [1.29, 1.82) is 0 Å². The molecular formula is C14H12N2O2. The highest BCUT2D eigenvalue weighted by Gasteiger charge is 2.06. The number of rotatable bonds is 3. The van der Waals surface area contributed by atoms with Gasteiger partial charge in [0.2, 0.25) is 0 Å². The molecule has 4 heteroatoms. The van der Waals surface area contributed by atoms with Gasteiger partial charge in [-0.1, -0.05) is 24.3 Å². The summed E-state index contributed by atoms with van der Waals surface area (Å²) in [6.07, 6.45) is 0. The van der Waals surface area contributed by atoms with Gasteiger partial charge in [-0.15, -0.1) is 0 Å². The number of benzene rings is 1. The molecule has 0 aliphatic carbocycles. The highest BCUT2D eigenvalue weighted by atomic mass is 16.4. The Labute approximate surface area is 105 Å². The third-order valence-corrected chi connectivity index (χ3v) is 2.39. The van der Waals surface area contributed by atoms with E-state index in [2.05, 4.69) is 9.98 Å². The lowest BCUT2D eigenvalue weighted by Gasteiger charge is -2.01. The van der Waals surface area contributed by atoms with Crippen LogP contribution in [0, 0.1) is 0 Å². The first-order chi connectivity index (χ1) is 8.66. The molecule has 1 aromatic carbocycles. The summed E-state index contributed by atoms with van der Waals surface area (Å²) in [6.45, 7) is 1.81. The molecule has 90 valence electrons. The van der Waals surface area contributed by atoms with Crippen molar-refractivity contribution < 1.29 is 9.90 Å². The molecule has 0 spiro atoms. The number of hydrogen-bond acceptors (Lipinski definition) is 3. The average molecular weight is 240 g/mol. The van der Waals surface area contributed by atoms with Gasteiger partial charge in [0.05, 0.1) is 17.1 Å². The van der Waals surface area contributed by atoms with Crippen LogP contribution in [-0.2, 0) is 0 Å². The molecule has 1 heterocycles. The third kappa shape index (κ3) is 2.79. The molecule has 0 bridgehead atoms. The summed E-state index contributed by atoms with van der Waals surface area (Å²) in [5.74, 6) is -1.04. The smallest absolute Gasteiger partial charge is 0.354 e. The van der Waals surface area contributed by atoms with Gasteiger partial charge in [0.25, 0.3) is 0 Å². The van der Waals surface area contributed by atoms with E-state index in [1.165, 1.54) is 6.07 Å². The summed E-state index contributed by atoms with van der Waals surface area (Å²) in [6, 6.07) is 14.3. The number of carboxylic acids is 1. The van der Waals surface area contributed by atoms with Gasteiger partial charge in [-0.2, -0.15) is 0 Å². The predicted molar refractivity (Wildman–Crippen MR) is 69.5 cm³/mol. The molecule has 0 saturated heterocycles. The van der Waals surface area contributed by atoms with Crippen LogP contribution >= 0.6 is 0 Å². The molecule has 0 aliphatic rings. The normalized spacial score (nSPS) is 11.3. The number of carboxylic acid groups (broad SMARTS) is 1. The molecule has 1 N–H and O–H groups in total. The van der Waals surface area contributed by atoms with Crippen molar-refractivity contribution in [3.8, 4) is 0 Å². The van der Waals surface area contributed by atoms with E-state index in [0.29, 0.717) is 11.4 Å². The molecule has 0 fully saturated rings. The minimum absolute atomic E-state index is 0.0233. The predicted octanol–water partition coefficient (Wildman–Crippen LogP) is 2.92. The van der Waals surface area contributed by atoms with Crippen LogP contribution in [0.15, 0.2) is 53.5 Å². The average Bonchev–Trinajstić information content (AvgIpc) is 2.40. The van der Waals surface area contributed by atoms with E-state index in [0.717, 1.165) is 5.69 Å². The van der Waals surface area contributed by atoms with Crippen molar-refractivity contribution in [2.24, 2.45) is 4.99 Å². The van der Waals surface area contributed by atoms with Crippen LogP contribution in [-0.4, -0.2) is 21.8 Å². The zero-order valence-electron chi connectivity index (χ0n) is 9.87. The summed E-state index contributed by atoms with van der Waals surface area (Å²) in [7, 11) is 0. The Hall–Kier alpha value is -2.49. The van der Waals surface area contributed by atoms with Crippen molar-refractivity contribution in [3.63, 3.8) is 0 Å². The van der Waals surface area contributed by atoms with Crippen LogP contribution in [0.3, 0.4) is 0 Å². The number of hydrogen-bond donors (Lipinski definition) is 1. The number of aliphatic imine (C=N–C) groups is 1. The third-order valence-electron chi connectivity index (χ3n) is 2.39. The fourth-order valence-electron chi connectivity index (χ4n) is 1.51. The van der Waals surface area contributed by atoms with E-state index < -0.39 is 5.97 Å². The zero-order valence-corrected chi connectivity index (χ0v) is 9.87. The second kappa shape index (κ2) is 5.23. The van der Waals surface area contributed by atoms with Crippen LogP contribution in [0.5, 0.6) is 0 Å². The molecule has 0 saturated carbocycles. The molecule has 18 heavy (non-hydrogen) atoms. The molecule has 1 aromatic heterocycles. The zero-order chi connectivity index (χ0) is 13.0. The Morgan fingerprint density at radius 1 is 1.06 bits per heavy atom. The SMILES string of the molecule is CC(=Nc1ccccc1)c1cccc(C(=O)O)n1. The molecule has 0 radical (unpaired) electrons. The lowest BCUT2D eigenvalue weighted by molar-refractivity contribution is 0.0690. The maximum atomic E-state index is 10.8. The Kier molecular flexibility index (Phi) is 3.48. The van der Waals surface area contributed by atoms with E-state index in [-0.39, 0.29) is 5.69 Å². The Morgan fingerprint density at radius 3 is 2.39 bits per heavy atom. The summed E-state index contributed by atoms with van der Waals surface area (Å²) in [5, 5.41) is 8.88. The van der Waals surface area contributed by atoms with Crippen LogP contribution in [0.4, 0.5) is 5.69 Å². The number of pyridine rings is 1. The number of aromatic nitrogens is 1. The van der Waals surface area contributed by atoms with Crippen LogP contribution in [0.2, 0.25) is 0 Å². The van der Waals surface area contributed by atoms with E-state index in [1.807, 2.05) is 30.3 Å². The largest absolute Gasteiger partial charge is 0.477 e. The summed E-state index contributed by atoms with van der Waals surface area (Å²) in [5.41, 5.74) is 2.09. The van der Waals surface area contributed by atoms with Gasteiger partial charge in [0.1, 0.15) is 5.69 Å². The minimum Gasteiger partial charge on any atom is -0.477 e. The number of aromatic carboxylic acids is 1. The highest BCUT2D eigenvalue weighted by molar-refractivity contribution is 5.99. The summed E-state index contributed by atoms with van der Waals surface area (Å²) in [4.78, 5) is 19.3. The fourth-order valence-corrected chi connectivity index (χ4v) is 1.51. The van der Waals surface area contributed by atoms with Gasteiger partial charge >= 0.3 is 5.97 Å². The van der Waals surface area contributed by atoms with Crippen molar-refractivity contribution in [3.05, 3.63) is 59.9 Å². The first-order valence-corrected chi connectivity index (χ1v) is 5.48. The summed E-state index contributed by atoms with van der Waals surface area (Å²) >= 11 is 0. The van der Waals surface area contributed by atoms with Gasteiger partial charge in [-0.3, -0.25) is 4.99 Å². The number of para-hydroxylation sites is 1. The molecule has 0 atom stereocenters. The van der Waals surface area contributed by atoms with E-state index in [1.54, 1.807) is 19.1 Å². The maximum Gasteiger partial charge on any atom is 0.354 e. The van der Waals surface area contributed by atoms with Crippen LogP contribution < -0.4 is 0 Å². The monoisotopic (exact) mass is 240 g/mol. The first-order valence-electron chi connectivity index (χ1n) is 5.48. The second-order valence-electron chi connectivity index (χ2n) is 3.75. The molecule has 4 nitrogen and oxygen atoms in total. The number of carbonyl (C=O) groups is 1. The molecule has 2 aromatic rings. The Balaban J connectivity index is 2.34. The van der Waals surface area contributed by atoms with Crippen molar-refractivity contribution in [2.45, 2.75) is 6.92 Å². The maximum absolute atomic E-state index is 10.8. The second-order valence-corrected chi connectivity index (χ2v) is 3.75. The standard InChI is InChI=1S/C14H12N2O2/c1-10(15-11-6-3-2-4-7-11)12-8-5-9-13(16-12)14(17)18/h2-9H,1H3,(H,17,18). The van der Waals surface area contributed by atoms with Gasteiger partial charge in [-0.05, 0) is 31.2 Å². The van der Waals surface area contributed by atoms with E-state index in [4.69, 9.17) is 5.11 Å². The molecule has 0 aliphatic heterocycles.